The SMILES string of the molecule is O=C(C1CCCCC1)N1CCN(CN2CCOC2=S)CC1. The Balaban J connectivity index is 1.44. The standard InChI is InChI=1S/C15H25N3O2S/c19-14(13-4-2-1-3-5-13)17-8-6-16(7-9-17)12-18-10-11-20-15(18)21/h13H,1-12H2. The third kappa shape index (κ3) is 3.66. The number of carbonyl (C=O) groups excluding carboxylic acids is 1. The van der Waals surface area contributed by atoms with E-state index < -0.39 is 0 Å². The monoisotopic (exact) mass is 311 g/mol. The van der Waals surface area contributed by atoms with Gasteiger partial charge in [-0.3, -0.25) is 9.69 Å². The van der Waals surface area contributed by atoms with Crippen LogP contribution in [0.2, 0.25) is 0 Å². The number of piperazine rings is 1. The molecule has 118 valence electrons. The summed E-state index contributed by atoms with van der Waals surface area (Å²) in [7, 11) is 0. The van der Waals surface area contributed by atoms with Crippen LogP contribution in [0.3, 0.4) is 0 Å². The molecule has 3 fully saturated rings. The zero-order valence-corrected chi connectivity index (χ0v) is 13.4. The molecule has 2 heterocycles. The molecule has 0 N–H and O–H groups in total. The molecule has 3 aliphatic rings. The van der Waals surface area contributed by atoms with Crippen molar-refractivity contribution in [1.82, 2.24) is 14.7 Å². The molecule has 0 aromatic rings. The summed E-state index contributed by atoms with van der Waals surface area (Å²) >= 11 is 5.17. The largest absolute Gasteiger partial charge is 0.469 e. The van der Waals surface area contributed by atoms with Gasteiger partial charge in [0.25, 0.3) is 5.17 Å². The van der Waals surface area contributed by atoms with Gasteiger partial charge in [-0.15, -0.1) is 0 Å². The number of rotatable bonds is 3. The number of amides is 1. The molecule has 0 bridgehead atoms. The first-order chi connectivity index (χ1) is 10.2. The van der Waals surface area contributed by atoms with Crippen LogP contribution in [0.25, 0.3) is 0 Å². The van der Waals surface area contributed by atoms with Crippen LogP contribution in [-0.4, -0.2) is 71.8 Å². The predicted molar refractivity (Wildman–Crippen MR) is 84.9 cm³/mol. The van der Waals surface area contributed by atoms with Crippen LogP contribution in [0.1, 0.15) is 32.1 Å². The number of thiocarbonyl (C=S) groups is 1. The lowest BCUT2D eigenvalue weighted by molar-refractivity contribution is -0.138. The van der Waals surface area contributed by atoms with Crippen LogP contribution in [-0.2, 0) is 9.53 Å². The minimum Gasteiger partial charge on any atom is -0.469 e. The molecule has 0 spiro atoms. The van der Waals surface area contributed by atoms with Gasteiger partial charge in [0.2, 0.25) is 5.91 Å². The van der Waals surface area contributed by atoms with E-state index in [2.05, 4.69) is 14.7 Å². The Morgan fingerprint density at radius 2 is 1.81 bits per heavy atom. The summed E-state index contributed by atoms with van der Waals surface area (Å²) in [6, 6.07) is 0. The van der Waals surface area contributed by atoms with Crippen molar-refractivity contribution in [2.24, 2.45) is 5.92 Å². The number of carbonyl (C=O) groups is 1. The summed E-state index contributed by atoms with van der Waals surface area (Å²) in [6.45, 7) is 6.03. The molecule has 2 aliphatic heterocycles. The maximum Gasteiger partial charge on any atom is 0.260 e. The Morgan fingerprint density at radius 3 is 2.43 bits per heavy atom. The quantitative estimate of drug-likeness (QED) is 0.734. The summed E-state index contributed by atoms with van der Waals surface area (Å²) in [5.41, 5.74) is 0. The zero-order chi connectivity index (χ0) is 14.7. The molecular formula is C15H25N3O2S. The number of nitrogens with zero attached hydrogens (tertiary/aromatic N) is 3. The van der Waals surface area contributed by atoms with E-state index in [1.165, 1.54) is 19.3 Å². The molecule has 2 saturated heterocycles. The minimum absolute atomic E-state index is 0.296. The second kappa shape index (κ2) is 6.92. The van der Waals surface area contributed by atoms with Crippen LogP contribution in [0.4, 0.5) is 0 Å². The van der Waals surface area contributed by atoms with E-state index in [-0.39, 0.29) is 0 Å². The topological polar surface area (TPSA) is 36.0 Å². The molecule has 0 aromatic heterocycles. The van der Waals surface area contributed by atoms with Gasteiger partial charge in [0.05, 0.1) is 13.2 Å². The highest BCUT2D eigenvalue weighted by Crippen LogP contribution is 2.25. The zero-order valence-electron chi connectivity index (χ0n) is 12.6. The molecule has 1 aliphatic carbocycles. The van der Waals surface area contributed by atoms with E-state index in [0.29, 0.717) is 23.6 Å². The first kappa shape index (κ1) is 15.0. The van der Waals surface area contributed by atoms with E-state index in [1.807, 2.05) is 0 Å². The first-order valence-corrected chi connectivity index (χ1v) is 8.58. The molecule has 3 rings (SSSR count). The second-order valence-corrected chi connectivity index (χ2v) is 6.65. The molecule has 0 atom stereocenters. The van der Waals surface area contributed by atoms with E-state index in [1.54, 1.807) is 0 Å². The van der Waals surface area contributed by atoms with Gasteiger partial charge in [-0.25, -0.2) is 0 Å². The molecule has 0 unspecified atom stereocenters. The highest BCUT2D eigenvalue weighted by Gasteiger charge is 2.29. The number of hydrogen-bond acceptors (Lipinski definition) is 4. The fourth-order valence-electron chi connectivity index (χ4n) is 3.51. The molecule has 1 amide bonds. The summed E-state index contributed by atoms with van der Waals surface area (Å²) in [6.07, 6.45) is 5.94. The summed E-state index contributed by atoms with van der Waals surface area (Å²) in [5, 5.41) is 0.621. The van der Waals surface area contributed by atoms with Crippen molar-refractivity contribution in [3.8, 4) is 0 Å². The van der Waals surface area contributed by atoms with Crippen molar-refractivity contribution in [3.63, 3.8) is 0 Å². The lowest BCUT2D eigenvalue weighted by Crippen LogP contribution is -2.53. The van der Waals surface area contributed by atoms with Crippen LogP contribution >= 0.6 is 12.2 Å². The van der Waals surface area contributed by atoms with E-state index in [4.69, 9.17) is 17.0 Å². The van der Waals surface area contributed by atoms with Crippen molar-refractivity contribution < 1.29 is 9.53 Å². The third-order valence-electron chi connectivity index (χ3n) is 4.85. The molecule has 0 radical (unpaired) electrons. The fourth-order valence-corrected chi connectivity index (χ4v) is 3.75. The second-order valence-electron chi connectivity index (χ2n) is 6.30. The molecule has 5 nitrogen and oxygen atoms in total. The number of hydrogen-bond donors (Lipinski definition) is 0. The Bertz CT molecular complexity index is 390. The normalized spacial score (nSPS) is 25.2. The van der Waals surface area contributed by atoms with Crippen LogP contribution in [0, 0.1) is 5.92 Å². The summed E-state index contributed by atoms with van der Waals surface area (Å²) < 4.78 is 5.31. The lowest BCUT2D eigenvalue weighted by atomic mass is 9.88. The van der Waals surface area contributed by atoms with Crippen molar-refractivity contribution in [3.05, 3.63) is 0 Å². The Hall–Kier alpha value is -0.880. The lowest BCUT2D eigenvalue weighted by Gasteiger charge is -2.38. The Morgan fingerprint density at radius 1 is 1.10 bits per heavy atom. The maximum atomic E-state index is 12.5. The molecule has 1 saturated carbocycles. The smallest absolute Gasteiger partial charge is 0.260 e. The average molecular weight is 311 g/mol. The highest BCUT2D eigenvalue weighted by molar-refractivity contribution is 7.80. The van der Waals surface area contributed by atoms with Crippen molar-refractivity contribution in [2.75, 3.05) is 46.0 Å². The Labute approximate surface area is 132 Å². The van der Waals surface area contributed by atoms with Gasteiger partial charge in [0, 0.05) is 32.1 Å². The Kier molecular flexibility index (Phi) is 4.95. The molecule has 6 heteroatoms. The average Bonchev–Trinajstić information content (AvgIpc) is 2.93. The van der Waals surface area contributed by atoms with Crippen LogP contribution in [0.5, 0.6) is 0 Å². The van der Waals surface area contributed by atoms with Gasteiger partial charge in [-0.1, -0.05) is 19.3 Å². The van der Waals surface area contributed by atoms with Gasteiger partial charge < -0.3 is 14.5 Å². The van der Waals surface area contributed by atoms with Crippen molar-refractivity contribution >= 4 is 23.3 Å². The number of ether oxygens (including phenoxy) is 1. The minimum atomic E-state index is 0.296. The van der Waals surface area contributed by atoms with Crippen molar-refractivity contribution in [2.45, 2.75) is 32.1 Å². The third-order valence-corrected chi connectivity index (χ3v) is 5.23. The molecule has 21 heavy (non-hydrogen) atoms. The van der Waals surface area contributed by atoms with Crippen LogP contribution in [0.15, 0.2) is 0 Å². The van der Waals surface area contributed by atoms with Gasteiger partial charge in [-0.2, -0.15) is 0 Å². The van der Waals surface area contributed by atoms with Crippen LogP contribution < -0.4 is 0 Å². The summed E-state index contributed by atoms with van der Waals surface area (Å²) in [4.78, 5) is 19.1. The van der Waals surface area contributed by atoms with Gasteiger partial charge in [-0.05, 0) is 25.1 Å². The summed E-state index contributed by atoms with van der Waals surface area (Å²) in [5.74, 6) is 0.694. The molecule has 0 aromatic carbocycles. The van der Waals surface area contributed by atoms with E-state index >= 15 is 0 Å². The maximum absolute atomic E-state index is 12.5. The highest BCUT2D eigenvalue weighted by atomic mass is 32.1. The fraction of sp³-hybridized carbons (Fsp3) is 0.867. The van der Waals surface area contributed by atoms with E-state index in [9.17, 15) is 4.79 Å². The van der Waals surface area contributed by atoms with Crippen molar-refractivity contribution in [1.29, 1.82) is 0 Å². The van der Waals surface area contributed by atoms with Gasteiger partial charge in [0.15, 0.2) is 0 Å². The van der Waals surface area contributed by atoms with E-state index in [0.717, 1.165) is 52.2 Å². The molecular weight excluding hydrogens is 286 g/mol. The van der Waals surface area contributed by atoms with Gasteiger partial charge in [0.1, 0.15) is 6.61 Å². The van der Waals surface area contributed by atoms with Gasteiger partial charge >= 0.3 is 0 Å². The first-order valence-electron chi connectivity index (χ1n) is 8.17. The predicted octanol–water partition coefficient (Wildman–Crippen LogP) is 1.29.